The van der Waals surface area contributed by atoms with Crippen molar-refractivity contribution in [3.63, 3.8) is 0 Å². The molecule has 0 saturated carbocycles. The maximum Gasteiger partial charge on any atom is 0.395 e. The number of carboxylic acid groups (broad SMARTS) is 1. The molecule has 0 spiro atoms. The van der Waals surface area contributed by atoms with Gasteiger partial charge in [0.1, 0.15) is 6.04 Å². The molecule has 8 heteroatoms. The maximum atomic E-state index is 13.5. The van der Waals surface area contributed by atoms with E-state index in [4.69, 9.17) is 10.8 Å². The molecule has 29 heavy (non-hydrogen) atoms. The second-order valence-electron chi connectivity index (χ2n) is 6.22. The third-order valence-electron chi connectivity index (χ3n) is 4.26. The van der Waals surface area contributed by atoms with Gasteiger partial charge in [0, 0.05) is 0 Å². The van der Waals surface area contributed by atoms with Crippen LogP contribution in [0.1, 0.15) is 24.3 Å². The number of alkyl halides is 4. The Labute approximate surface area is 172 Å². The molecule has 0 fully saturated rings. The van der Waals surface area contributed by atoms with E-state index in [9.17, 15) is 22.4 Å². The Morgan fingerprint density at radius 1 is 0.966 bits per heavy atom. The van der Waals surface area contributed by atoms with E-state index in [-0.39, 0.29) is 24.2 Å². The molecular formula is C21H25F4NO2S. The van der Waals surface area contributed by atoms with E-state index in [1.165, 1.54) is 23.9 Å². The fourth-order valence-corrected chi connectivity index (χ4v) is 3.72. The third-order valence-corrected chi connectivity index (χ3v) is 5.31. The molecule has 2 atom stereocenters. The quantitative estimate of drug-likeness (QED) is 0.406. The highest BCUT2D eigenvalue weighted by atomic mass is 32.2. The molecule has 0 saturated heterocycles. The van der Waals surface area contributed by atoms with Gasteiger partial charge >= 0.3 is 12.1 Å². The first-order valence-corrected chi connectivity index (χ1v) is 10.1. The van der Waals surface area contributed by atoms with Gasteiger partial charge < -0.3 is 10.8 Å². The first-order valence-electron chi connectivity index (χ1n) is 8.95. The van der Waals surface area contributed by atoms with Gasteiger partial charge in [-0.05, 0) is 41.0 Å². The van der Waals surface area contributed by atoms with Crippen molar-refractivity contribution in [2.75, 3.05) is 18.7 Å². The van der Waals surface area contributed by atoms with E-state index in [0.717, 1.165) is 11.1 Å². The third kappa shape index (κ3) is 8.45. The summed E-state index contributed by atoms with van der Waals surface area (Å²) in [5.41, 5.74) is 7.46. The summed E-state index contributed by atoms with van der Waals surface area (Å²) in [5, 5.41) is 8.70. The predicted octanol–water partition coefficient (Wildman–Crippen LogP) is 5.51. The largest absolute Gasteiger partial charge is 0.480 e. The summed E-state index contributed by atoms with van der Waals surface area (Å²) < 4.78 is 49.9. The van der Waals surface area contributed by atoms with Crippen LogP contribution in [0.3, 0.4) is 0 Å². The van der Waals surface area contributed by atoms with Gasteiger partial charge in [-0.15, -0.1) is 0 Å². The first-order chi connectivity index (χ1) is 13.8. The molecule has 0 aliphatic rings. The number of benzene rings is 2. The van der Waals surface area contributed by atoms with E-state index >= 15 is 0 Å². The van der Waals surface area contributed by atoms with E-state index in [1.54, 1.807) is 12.1 Å². The van der Waals surface area contributed by atoms with Crippen LogP contribution in [0.5, 0.6) is 0 Å². The molecule has 3 N–H and O–H groups in total. The van der Waals surface area contributed by atoms with Crippen LogP contribution in [0, 0.1) is 0 Å². The Hall–Kier alpha value is -2.06. The van der Waals surface area contributed by atoms with Gasteiger partial charge in [0.05, 0.1) is 13.1 Å². The highest BCUT2D eigenvalue weighted by Gasteiger charge is 2.40. The van der Waals surface area contributed by atoms with Crippen molar-refractivity contribution in [1.82, 2.24) is 0 Å². The van der Waals surface area contributed by atoms with Gasteiger partial charge in [-0.3, -0.25) is 9.18 Å². The molecule has 0 aliphatic carbocycles. The normalized spacial score (nSPS) is 13.2. The highest BCUT2D eigenvalue weighted by Crippen LogP contribution is 2.38. The van der Waals surface area contributed by atoms with Crippen LogP contribution in [0.15, 0.2) is 54.6 Å². The second kappa shape index (κ2) is 12.5. The van der Waals surface area contributed by atoms with Gasteiger partial charge in [-0.2, -0.15) is 24.9 Å². The average Bonchev–Trinajstić information content (AvgIpc) is 2.72. The summed E-state index contributed by atoms with van der Waals surface area (Å²) in [5.74, 6) is -1.92. The molecule has 2 unspecified atom stereocenters. The monoisotopic (exact) mass is 431 g/mol. The lowest BCUT2D eigenvalue weighted by molar-refractivity contribution is -0.150. The number of carboxylic acids is 1. The van der Waals surface area contributed by atoms with Crippen LogP contribution in [0.25, 0.3) is 11.1 Å². The number of hydrogen-bond donors (Lipinski definition) is 2. The SMILES string of the molecule is CF.NC(CCSCCC(c1ccc(-c2ccccc2)cc1)C(F)(F)F)C(=O)O. The van der Waals surface area contributed by atoms with Gasteiger partial charge in [0.15, 0.2) is 0 Å². The fourth-order valence-electron chi connectivity index (χ4n) is 2.69. The zero-order valence-corrected chi connectivity index (χ0v) is 16.8. The molecule has 0 bridgehead atoms. The Bertz CT molecular complexity index is 724. The number of halogens is 4. The number of hydrogen-bond acceptors (Lipinski definition) is 3. The highest BCUT2D eigenvalue weighted by molar-refractivity contribution is 7.99. The van der Waals surface area contributed by atoms with E-state index in [1.807, 2.05) is 30.3 Å². The molecule has 0 aromatic heterocycles. The molecular weight excluding hydrogens is 406 g/mol. The molecule has 3 nitrogen and oxygen atoms in total. The zero-order chi connectivity index (χ0) is 21.9. The Kier molecular flexibility index (Phi) is 10.8. The van der Waals surface area contributed by atoms with E-state index in [0.29, 0.717) is 12.9 Å². The van der Waals surface area contributed by atoms with E-state index < -0.39 is 24.1 Å². The standard InChI is InChI=1S/C20H22F3NO2S.CH3F/c21-20(22,23)17(10-12-27-13-11-18(24)19(25)26)16-8-6-15(7-9-16)14-4-2-1-3-5-14;1-2/h1-9,17-18H,10-13,24H2,(H,25,26);1H3. The second-order valence-corrected chi connectivity index (χ2v) is 7.44. The topological polar surface area (TPSA) is 63.3 Å². The summed E-state index contributed by atoms with van der Waals surface area (Å²) in [4.78, 5) is 10.6. The van der Waals surface area contributed by atoms with E-state index in [2.05, 4.69) is 0 Å². The molecule has 2 rings (SSSR count). The van der Waals surface area contributed by atoms with Crippen LogP contribution >= 0.6 is 11.8 Å². The Morgan fingerprint density at radius 3 is 2.00 bits per heavy atom. The molecule has 0 amide bonds. The van der Waals surface area contributed by atoms with Crippen LogP contribution in [0.2, 0.25) is 0 Å². The minimum atomic E-state index is -4.33. The minimum absolute atomic E-state index is 0.0544. The van der Waals surface area contributed by atoms with Crippen molar-refractivity contribution in [3.05, 3.63) is 60.2 Å². The molecule has 2 aromatic rings. The smallest absolute Gasteiger partial charge is 0.395 e. The van der Waals surface area contributed by atoms with Crippen molar-refractivity contribution < 1.29 is 27.5 Å². The van der Waals surface area contributed by atoms with Gasteiger partial charge in [0.25, 0.3) is 0 Å². The van der Waals surface area contributed by atoms with Crippen LogP contribution in [0.4, 0.5) is 17.6 Å². The van der Waals surface area contributed by atoms with Gasteiger partial charge in [-0.25, -0.2) is 0 Å². The lowest BCUT2D eigenvalue weighted by atomic mass is 9.94. The van der Waals surface area contributed by atoms with Crippen molar-refractivity contribution in [3.8, 4) is 11.1 Å². The fraction of sp³-hybridized carbons (Fsp3) is 0.381. The number of thioether (sulfide) groups is 1. The lowest BCUT2D eigenvalue weighted by Gasteiger charge is -2.21. The van der Waals surface area contributed by atoms with Crippen molar-refractivity contribution in [2.24, 2.45) is 5.73 Å². The maximum absolute atomic E-state index is 13.5. The summed E-state index contributed by atoms with van der Waals surface area (Å²) in [6.45, 7) is 0. The molecule has 2 aromatic carbocycles. The number of rotatable bonds is 9. The summed E-state index contributed by atoms with van der Waals surface area (Å²) in [7, 11) is 0.500. The average molecular weight is 431 g/mol. The number of carbonyl (C=O) groups is 1. The van der Waals surface area contributed by atoms with Crippen LogP contribution < -0.4 is 5.73 Å². The Balaban J connectivity index is 0.00000204. The van der Waals surface area contributed by atoms with Crippen molar-refractivity contribution in [1.29, 1.82) is 0 Å². The minimum Gasteiger partial charge on any atom is -0.480 e. The van der Waals surface area contributed by atoms with Gasteiger partial charge in [-0.1, -0.05) is 54.6 Å². The van der Waals surface area contributed by atoms with Crippen molar-refractivity contribution >= 4 is 17.7 Å². The molecule has 0 radical (unpaired) electrons. The molecule has 0 heterocycles. The molecule has 160 valence electrons. The summed E-state index contributed by atoms with van der Waals surface area (Å²) in [6.07, 6.45) is -4.14. The number of aliphatic carboxylic acids is 1. The summed E-state index contributed by atoms with van der Waals surface area (Å²) in [6, 6.07) is 15.0. The van der Waals surface area contributed by atoms with Gasteiger partial charge in [0.2, 0.25) is 0 Å². The van der Waals surface area contributed by atoms with Crippen LogP contribution in [-0.2, 0) is 4.79 Å². The molecule has 0 aliphatic heterocycles. The summed E-state index contributed by atoms with van der Waals surface area (Å²) >= 11 is 1.29. The lowest BCUT2D eigenvalue weighted by Crippen LogP contribution is -2.30. The van der Waals surface area contributed by atoms with Crippen molar-refractivity contribution in [2.45, 2.75) is 31.0 Å². The Morgan fingerprint density at radius 2 is 1.48 bits per heavy atom. The zero-order valence-electron chi connectivity index (χ0n) is 16.0. The predicted molar refractivity (Wildman–Crippen MR) is 110 cm³/mol. The number of nitrogens with two attached hydrogens (primary N) is 1. The first kappa shape index (κ1) is 25.0. The van der Waals surface area contributed by atoms with Crippen LogP contribution in [-0.4, -0.2) is 42.0 Å².